The molecule has 11 heteroatoms. The largest absolute Gasteiger partial charge is 0.491 e. The minimum atomic E-state index is -3.36. The number of carbonyl (C=O) groups is 1. The third-order valence-corrected chi connectivity index (χ3v) is 10.2. The summed E-state index contributed by atoms with van der Waals surface area (Å²) in [5.74, 6) is 0.497. The fourth-order valence-corrected chi connectivity index (χ4v) is 7.46. The molecule has 0 saturated carbocycles. The number of sulfone groups is 1. The number of fused-ring (bicyclic) bond motifs is 1. The molecule has 0 bridgehead atoms. The van der Waals surface area contributed by atoms with Crippen LogP contribution in [0.3, 0.4) is 0 Å². The lowest BCUT2D eigenvalue weighted by molar-refractivity contribution is 0.0659. The molecule has 2 aromatic heterocycles. The number of benzene rings is 2. The van der Waals surface area contributed by atoms with E-state index in [0.717, 1.165) is 22.3 Å². The van der Waals surface area contributed by atoms with Gasteiger partial charge < -0.3 is 14.4 Å². The average molecular weight is 626 g/mol. The van der Waals surface area contributed by atoms with E-state index in [1.165, 1.54) is 11.3 Å². The number of aromatic nitrogens is 2. The topological polar surface area (TPSA) is 98.7 Å². The van der Waals surface area contributed by atoms with Crippen molar-refractivity contribution in [2.45, 2.75) is 43.7 Å². The number of ether oxygens (including phenoxy) is 2. The van der Waals surface area contributed by atoms with Crippen molar-refractivity contribution in [2.24, 2.45) is 0 Å². The first-order valence-electron chi connectivity index (χ1n) is 13.7. The molecule has 5 rings (SSSR count). The normalized spacial score (nSPS) is 14.5. The van der Waals surface area contributed by atoms with E-state index in [9.17, 15) is 13.2 Å². The molecular weight excluding hydrogens is 594 g/mol. The van der Waals surface area contributed by atoms with Gasteiger partial charge in [0.1, 0.15) is 23.1 Å². The van der Waals surface area contributed by atoms with Gasteiger partial charge in [0, 0.05) is 47.1 Å². The van der Waals surface area contributed by atoms with Crippen molar-refractivity contribution in [2.75, 3.05) is 26.1 Å². The SMILES string of the molecule is CCCS(=O)(=O)c1ccc2c(c1)CC(N(Cc1cc(Cl)ccc1OCCOC)C(=O)c1csc(-c3cccnc3)n1)C2. The number of hydrogen-bond donors (Lipinski definition) is 0. The predicted octanol–water partition coefficient (Wildman–Crippen LogP) is 5.88. The van der Waals surface area contributed by atoms with Crippen molar-refractivity contribution in [3.63, 3.8) is 0 Å². The Labute approximate surface area is 255 Å². The second-order valence-corrected chi connectivity index (χ2v) is 13.5. The molecule has 0 fully saturated rings. The highest BCUT2D eigenvalue weighted by molar-refractivity contribution is 7.91. The predicted molar refractivity (Wildman–Crippen MR) is 164 cm³/mol. The molecular formula is C31H32ClN3O5S2. The average Bonchev–Trinajstić information content (AvgIpc) is 3.65. The Morgan fingerprint density at radius 3 is 2.71 bits per heavy atom. The second-order valence-electron chi connectivity index (χ2n) is 10.1. The van der Waals surface area contributed by atoms with Crippen molar-refractivity contribution in [3.05, 3.63) is 93.7 Å². The van der Waals surface area contributed by atoms with Crippen LogP contribution < -0.4 is 4.74 Å². The Balaban J connectivity index is 1.48. The van der Waals surface area contributed by atoms with Crippen LogP contribution in [0.1, 0.15) is 40.5 Å². The molecule has 1 unspecified atom stereocenters. The molecule has 1 atom stereocenters. The molecule has 1 aliphatic rings. The number of pyridine rings is 1. The third-order valence-electron chi connectivity index (χ3n) is 7.16. The molecule has 42 heavy (non-hydrogen) atoms. The first kappa shape index (κ1) is 30.2. The van der Waals surface area contributed by atoms with E-state index in [-0.39, 0.29) is 24.2 Å². The lowest BCUT2D eigenvalue weighted by Crippen LogP contribution is -2.40. The van der Waals surface area contributed by atoms with Gasteiger partial charge in [-0.3, -0.25) is 9.78 Å². The lowest BCUT2D eigenvalue weighted by Gasteiger charge is -2.29. The minimum absolute atomic E-state index is 0.101. The van der Waals surface area contributed by atoms with Crippen molar-refractivity contribution in [1.29, 1.82) is 0 Å². The summed E-state index contributed by atoms with van der Waals surface area (Å²) in [5.41, 5.74) is 3.91. The van der Waals surface area contributed by atoms with Crippen molar-refractivity contribution < 1.29 is 22.7 Å². The summed E-state index contributed by atoms with van der Waals surface area (Å²) in [6.45, 7) is 2.86. The Morgan fingerprint density at radius 1 is 1.12 bits per heavy atom. The van der Waals surface area contributed by atoms with Crippen LogP contribution in [0.4, 0.5) is 0 Å². The molecule has 2 aromatic carbocycles. The molecule has 4 aromatic rings. The fraction of sp³-hybridized carbons (Fsp3) is 0.323. The molecule has 0 radical (unpaired) electrons. The highest BCUT2D eigenvalue weighted by Gasteiger charge is 2.33. The number of rotatable bonds is 12. The Bertz CT molecular complexity index is 1660. The van der Waals surface area contributed by atoms with Gasteiger partial charge in [0.25, 0.3) is 5.91 Å². The zero-order valence-corrected chi connectivity index (χ0v) is 25.8. The van der Waals surface area contributed by atoms with Crippen LogP contribution in [-0.4, -0.2) is 61.3 Å². The number of amides is 1. The van der Waals surface area contributed by atoms with Gasteiger partial charge in [-0.05, 0) is 72.9 Å². The second kappa shape index (κ2) is 13.3. The van der Waals surface area contributed by atoms with Gasteiger partial charge in [0.2, 0.25) is 0 Å². The molecule has 8 nitrogen and oxygen atoms in total. The van der Waals surface area contributed by atoms with Crippen LogP contribution in [0.2, 0.25) is 5.02 Å². The van der Waals surface area contributed by atoms with Gasteiger partial charge in [-0.15, -0.1) is 11.3 Å². The number of carbonyl (C=O) groups excluding carboxylic acids is 1. The maximum absolute atomic E-state index is 14.2. The summed E-state index contributed by atoms with van der Waals surface area (Å²) in [7, 11) is -1.75. The maximum atomic E-state index is 14.2. The highest BCUT2D eigenvalue weighted by atomic mass is 35.5. The first-order chi connectivity index (χ1) is 20.3. The summed E-state index contributed by atoms with van der Waals surface area (Å²) in [6.07, 6.45) is 5.08. The van der Waals surface area contributed by atoms with Crippen LogP contribution in [0.5, 0.6) is 5.75 Å². The van der Waals surface area contributed by atoms with Crippen LogP contribution >= 0.6 is 22.9 Å². The summed E-state index contributed by atoms with van der Waals surface area (Å²) < 4.78 is 36.6. The van der Waals surface area contributed by atoms with Gasteiger partial charge in [0.05, 0.1) is 23.8 Å². The van der Waals surface area contributed by atoms with E-state index in [0.29, 0.717) is 58.8 Å². The minimum Gasteiger partial charge on any atom is -0.491 e. The van der Waals surface area contributed by atoms with Crippen LogP contribution in [0.15, 0.2) is 71.2 Å². The van der Waals surface area contributed by atoms with Crippen LogP contribution in [0.25, 0.3) is 10.6 Å². The quantitative estimate of drug-likeness (QED) is 0.181. The van der Waals surface area contributed by atoms with E-state index in [1.807, 2.05) is 31.2 Å². The van der Waals surface area contributed by atoms with Gasteiger partial charge >= 0.3 is 0 Å². The standard InChI is InChI=1S/C31H32ClN3O5S2/c1-3-13-42(37,38)27-8-6-21-15-26(16-23(21)17-27)35(19-24-14-25(32)7-9-29(24)40-12-11-39-2)31(36)28-20-41-30(34-28)22-5-4-10-33-18-22/h4-10,14,17-18,20,26H,3,11-13,15-16,19H2,1-2H3. The van der Waals surface area contributed by atoms with Crippen LogP contribution in [0, 0.1) is 0 Å². The molecule has 0 aliphatic heterocycles. The Kier molecular flexibility index (Phi) is 9.57. The van der Waals surface area contributed by atoms with E-state index < -0.39 is 9.84 Å². The Morgan fingerprint density at radius 2 is 1.95 bits per heavy atom. The van der Waals surface area contributed by atoms with Gasteiger partial charge in [0.15, 0.2) is 9.84 Å². The smallest absolute Gasteiger partial charge is 0.273 e. The summed E-state index contributed by atoms with van der Waals surface area (Å²) in [5, 5.41) is 3.01. The van der Waals surface area contributed by atoms with Crippen molar-refractivity contribution in [1.82, 2.24) is 14.9 Å². The number of nitrogens with zero attached hydrogens (tertiary/aromatic N) is 3. The lowest BCUT2D eigenvalue weighted by atomic mass is 10.1. The van der Waals surface area contributed by atoms with Crippen LogP contribution in [-0.2, 0) is 34.0 Å². The highest BCUT2D eigenvalue weighted by Crippen LogP contribution is 2.33. The summed E-state index contributed by atoms with van der Waals surface area (Å²) >= 11 is 7.78. The number of thiazole rings is 1. The molecule has 220 valence electrons. The third kappa shape index (κ3) is 6.83. The van der Waals surface area contributed by atoms with E-state index in [2.05, 4.69) is 9.97 Å². The summed E-state index contributed by atoms with van der Waals surface area (Å²) in [6, 6.07) is 14.2. The molecule has 1 aliphatic carbocycles. The zero-order valence-electron chi connectivity index (χ0n) is 23.5. The van der Waals surface area contributed by atoms with E-state index in [4.69, 9.17) is 21.1 Å². The van der Waals surface area contributed by atoms with Gasteiger partial charge in [-0.2, -0.15) is 0 Å². The number of hydrogen-bond acceptors (Lipinski definition) is 8. The number of methoxy groups -OCH3 is 1. The summed E-state index contributed by atoms with van der Waals surface area (Å²) in [4.78, 5) is 25.1. The molecule has 0 saturated heterocycles. The number of halogens is 1. The molecule has 2 heterocycles. The maximum Gasteiger partial charge on any atom is 0.273 e. The monoisotopic (exact) mass is 625 g/mol. The van der Waals surface area contributed by atoms with E-state index in [1.54, 1.807) is 54.0 Å². The molecule has 0 spiro atoms. The fourth-order valence-electron chi connectivity index (χ4n) is 5.11. The molecule has 1 amide bonds. The first-order valence-corrected chi connectivity index (χ1v) is 16.6. The van der Waals surface area contributed by atoms with Crippen molar-refractivity contribution in [3.8, 4) is 16.3 Å². The van der Waals surface area contributed by atoms with E-state index >= 15 is 0 Å². The van der Waals surface area contributed by atoms with Crippen molar-refractivity contribution >= 4 is 38.7 Å². The molecule has 0 N–H and O–H groups in total. The zero-order chi connectivity index (χ0) is 29.7. The van der Waals surface area contributed by atoms with Gasteiger partial charge in [-0.25, -0.2) is 13.4 Å². The Hall–Kier alpha value is -3.31. The van der Waals surface area contributed by atoms with Gasteiger partial charge in [-0.1, -0.05) is 24.6 Å².